The van der Waals surface area contributed by atoms with Gasteiger partial charge in [-0.05, 0) is 25.1 Å². The number of amides is 1. The highest BCUT2D eigenvalue weighted by molar-refractivity contribution is 6.31. The van der Waals surface area contributed by atoms with Crippen molar-refractivity contribution < 1.29 is 9.18 Å². The molecule has 0 aliphatic carbocycles. The third kappa shape index (κ3) is 2.67. The fourth-order valence-corrected chi connectivity index (χ4v) is 1.44. The lowest BCUT2D eigenvalue weighted by Crippen LogP contribution is -2.35. The van der Waals surface area contributed by atoms with Crippen LogP contribution in [0, 0.1) is 5.82 Å². The van der Waals surface area contributed by atoms with Crippen LogP contribution in [0.2, 0.25) is 5.02 Å². The first kappa shape index (κ1) is 11.9. The molecule has 0 atom stereocenters. The van der Waals surface area contributed by atoms with Crippen LogP contribution >= 0.6 is 11.6 Å². The second-order valence-corrected chi connectivity index (χ2v) is 3.35. The molecule has 5 heteroatoms. The van der Waals surface area contributed by atoms with E-state index in [2.05, 4.69) is 0 Å². The number of likely N-dealkylation sites (N-methyl/N-ethyl adjacent to an activating group) is 1. The van der Waals surface area contributed by atoms with Gasteiger partial charge in [-0.2, -0.15) is 0 Å². The minimum Gasteiger partial charge on any atom is -0.322 e. The largest absolute Gasteiger partial charge is 0.322 e. The van der Waals surface area contributed by atoms with Gasteiger partial charge in [0.2, 0.25) is 5.91 Å². The van der Waals surface area contributed by atoms with Crippen LogP contribution in [0.3, 0.4) is 0 Å². The maximum Gasteiger partial charge on any atom is 0.240 e. The maximum atomic E-state index is 12.9. The van der Waals surface area contributed by atoms with Gasteiger partial charge >= 0.3 is 0 Å². The fraction of sp³-hybridized carbons (Fsp3) is 0.300. The van der Waals surface area contributed by atoms with Crippen molar-refractivity contribution in [1.29, 1.82) is 0 Å². The Labute approximate surface area is 92.6 Å². The van der Waals surface area contributed by atoms with E-state index >= 15 is 0 Å². The third-order valence-electron chi connectivity index (χ3n) is 2.01. The van der Waals surface area contributed by atoms with Gasteiger partial charge in [-0.15, -0.1) is 0 Å². The van der Waals surface area contributed by atoms with Gasteiger partial charge in [0.15, 0.2) is 0 Å². The van der Waals surface area contributed by atoms with E-state index < -0.39 is 5.82 Å². The van der Waals surface area contributed by atoms with Gasteiger partial charge in [0.05, 0.1) is 11.6 Å². The zero-order valence-corrected chi connectivity index (χ0v) is 9.09. The number of benzene rings is 1. The SMILES string of the molecule is CCN(C(=O)CN)c1ccc(F)c(Cl)c1. The Morgan fingerprint density at radius 3 is 2.73 bits per heavy atom. The average molecular weight is 231 g/mol. The van der Waals surface area contributed by atoms with E-state index in [0.717, 1.165) is 0 Å². The number of carbonyl (C=O) groups is 1. The molecular weight excluding hydrogens is 219 g/mol. The Kier molecular flexibility index (Phi) is 4.05. The van der Waals surface area contributed by atoms with Gasteiger partial charge < -0.3 is 10.6 Å². The molecular formula is C10H12ClFN2O. The van der Waals surface area contributed by atoms with E-state index in [1.165, 1.54) is 23.1 Å². The summed E-state index contributed by atoms with van der Waals surface area (Å²) in [4.78, 5) is 12.9. The molecule has 15 heavy (non-hydrogen) atoms. The van der Waals surface area contributed by atoms with Gasteiger partial charge in [0.1, 0.15) is 5.82 Å². The van der Waals surface area contributed by atoms with Crippen LogP contribution in [0.1, 0.15) is 6.92 Å². The van der Waals surface area contributed by atoms with Crippen molar-refractivity contribution >= 4 is 23.2 Å². The molecule has 0 aliphatic rings. The first-order valence-electron chi connectivity index (χ1n) is 4.55. The molecule has 0 saturated heterocycles. The lowest BCUT2D eigenvalue weighted by atomic mass is 10.2. The van der Waals surface area contributed by atoms with Gasteiger partial charge in [0.25, 0.3) is 0 Å². The van der Waals surface area contributed by atoms with E-state index in [1.54, 1.807) is 0 Å². The number of nitrogens with two attached hydrogens (primary N) is 1. The van der Waals surface area contributed by atoms with E-state index in [9.17, 15) is 9.18 Å². The molecule has 0 radical (unpaired) electrons. The highest BCUT2D eigenvalue weighted by Crippen LogP contribution is 2.22. The van der Waals surface area contributed by atoms with Crippen LogP contribution in [-0.4, -0.2) is 19.0 Å². The molecule has 3 nitrogen and oxygen atoms in total. The third-order valence-corrected chi connectivity index (χ3v) is 2.30. The molecule has 0 aliphatic heterocycles. The van der Waals surface area contributed by atoms with E-state index in [-0.39, 0.29) is 17.5 Å². The van der Waals surface area contributed by atoms with Gasteiger partial charge in [0, 0.05) is 12.2 Å². The highest BCUT2D eigenvalue weighted by atomic mass is 35.5. The Bertz CT molecular complexity index is 370. The van der Waals surface area contributed by atoms with Gasteiger partial charge in [-0.25, -0.2) is 4.39 Å². The van der Waals surface area contributed by atoms with Crippen molar-refractivity contribution in [3.05, 3.63) is 29.0 Å². The standard InChI is InChI=1S/C10H12ClFN2O/c1-2-14(10(15)6-13)7-3-4-9(12)8(11)5-7/h3-5H,2,6,13H2,1H3. The van der Waals surface area contributed by atoms with Gasteiger partial charge in [-0.3, -0.25) is 4.79 Å². The van der Waals surface area contributed by atoms with Gasteiger partial charge in [-0.1, -0.05) is 11.6 Å². The molecule has 0 fully saturated rings. The first-order chi connectivity index (χ1) is 7.10. The summed E-state index contributed by atoms with van der Waals surface area (Å²) in [6.07, 6.45) is 0. The summed E-state index contributed by atoms with van der Waals surface area (Å²) in [6.45, 7) is 2.20. The van der Waals surface area contributed by atoms with Crippen LogP contribution < -0.4 is 10.6 Å². The van der Waals surface area contributed by atoms with E-state index in [4.69, 9.17) is 17.3 Å². The predicted molar refractivity (Wildman–Crippen MR) is 58.5 cm³/mol. The number of anilines is 1. The van der Waals surface area contributed by atoms with E-state index in [0.29, 0.717) is 12.2 Å². The van der Waals surface area contributed by atoms with Crippen molar-refractivity contribution in [3.8, 4) is 0 Å². The quantitative estimate of drug-likeness (QED) is 0.861. The first-order valence-corrected chi connectivity index (χ1v) is 4.93. The van der Waals surface area contributed by atoms with Crippen molar-refractivity contribution in [1.82, 2.24) is 0 Å². The van der Waals surface area contributed by atoms with Crippen LogP contribution in [0.5, 0.6) is 0 Å². The summed E-state index contributed by atoms with van der Waals surface area (Å²) in [5, 5.41) is -0.00392. The number of carbonyl (C=O) groups excluding carboxylic acids is 1. The number of halogens is 2. The van der Waals surface area contributed by atoms with Crippen LogP contribution in [0.15, 0.2) is 18.2 Å². The minimum atomic E-state index is -0.503. The lowest BCUT2D eigenvalue weighted by Gasteiger charge is -2.20. The van der Waals surface area contributed by atoms with E-state index in [1.807, 2.05) is 6.92 Å². The fourth-order valence-electron chi connectivity index (χ4n) is 1.27. The normalized spacial score (nSPS) is 10.1. The maximum absolute atomic E-state index is 12.9. The summed E-state index contributed by atoms with van der Waals surface area (Å²) < 4.78 is 12.9. The molecule has 0 unspecified atom stereocenters. The lowest BCUT2D eigenvalue weighted by molar-refractivity contribution is -0.117. The van der Waals surface area contributed by atoms with Crippen LogP contribution in [-0.2, 0) is 4.79 Å². The van der Waals surface area contributed by atoms with Crippen molar-refractivity contribution in [2.24, 2.45) is 5.73 Å². The molecule has 1 rings (SSSR count). The molecule has 1 aromatic carbocycles. The number of nitrogens with zero attached hydrogens (tertiary/aromatic N) is 1. The summed E-state index contributed by atoms with van der Waals surface area (Å²) in [6, 6.07) is 4.14. The van der Waals surface area contributed by atoms with Crippen LogP contribution in [0.4, 0.5) is 10.1 Å². The Morgan fingerprint density at radius 2 is 2.27 bits per heavy atom. The summed E-state index contributed by atoms with van der Waals surface area (Å²) >= 11 is 5.62. The van der Waals surface area contributed by atoms with Crippen molar-refractivity contribution in [2.45, 2.75) is 6.92 Å². The topological polar surface area (TPSA) is 46.3 Å². The number of rotatable bonds is 3. The van der Waals surface area contributed by atoms with Crippen molar-refractivity contribution in [2.75, 3.05) is 18.0 Å². The molecule has 0 aromatic heterocycles. The molecule has 82 valence electrons. The molecule has 1 aromatic rings. The summed E-state index contributed by atoms with van der Waals surface area (Å²) in [7, 11) is 0. The second-order valence-electron chi connectivity index (χ2n) is 2.94. The van der Waals surface area contributed by atoms with Crippen molar-refractivity contribution in [3.63, 3.8) is 0 Å². The molecule has 0 bridgehead atoms. The Morgan fingerprint density at radius 1 is 1.60 bits per heavy atom. The number of hydrogen-bond donors (Lipinski definition) is 1. The number of hydrogen-bond acceptors (Lipinski definition) is 2. The monoisotopic (exact) mass is 230 g/mol. The zero-order valence-electron chi connectivity index (χ0n) is 8.34. The smallest absolute Gasteiger partial charge is 0.240 e. The predicted octanol–water partition coefficient (Wildman–Crippen LogP) is 1.79. The average Bonchev–Trinajstić information content (AvgIpc) is 2.24. The minimum absolute atomic E-state index is 0.00392. The molecule has 0 spiro atoms. The molecule has 1 amide bonds. The molecule has 0 saturated carbocycles. The molecule has 2 N–H and O–H groups in total. The molecule has 0 heterocycles. The summed E-state index contributed by atoms with van der Waals surface area (Å²) in [5.41, 5.74) is 5.81. The second kappa shape index (κ2) is 5.09. The Balaban J connectivity index is 3.02. The summed E-state index contributed by atoms with van der Waals surface area (Å²) in [5.74, 6) is -0.725. The highest BCUT2D eigenvalue weighted by Gasteiger charge is 2.13. The zero-order chi connectivity index (χ0) is 11.4. The Hall–Kier alpha value is -1.13. The van der Waals surface area contributed by atoms with Crippen LogP contribution in [0.25, 0.3) is 0 Å².